The highest BCUT2D eigenvalue weighted by molar-refractivity contribution is 5.58. The first-order valence-electron chi connectivity index (χ1n) is 4.91. The summed E-state index contributed by atoms with van der Waals surface area (Å²) < 4.78 is 5.24. The third kappa shape index (κ3) is 2.44. The van der Waals surface area contributed by atoms with E-state index in [1.807, 2.05) is 50.5 Å². The van der Waals surface area contributed by atoms with Crippen molar-refractivity contribution >= 4 is 0 Å². The van der Waals surface area contributed by atoms with Crippen molar-refractivity contribution in [3.05, 3.63) is 42.2 Å². The number of hydrogen-bond acceptors (Lipinski definition) is 3. The number of hydrogen-bond donors (Lipinski definition) is 0. The van der Waals surface area contributed by atoms with E-state index < -0.39 is 0 Å². The molecule has 0 aliphatic carbocycles. The molecule has 0 amide bonds. The Labute approximate surface area is 89.3 Å². The molecular weight excluding hydrogens is 188 g/mol. The van der Waals surface area contributed by atoms with Gasteiger partial charge in [-0.15, -0.1) is 0 Å². The molecule has 1 aromatic heterocycles. The second-order valence-electron chi connectivity index (χ2n) is 3.78. The van der Waals surface area contributed by atoms with Gasteiger partial charge in [0.05, 0.1) is 6.54 Å². The molecule has 2 rings (SSSR count). The topological polar surface area (TPSA) is 29.3 Å². The second kappa shape index (κ2) is 4.28. The maximum Gasteiger partial charge on any atom is 0.151 e. The molecule has 3 nitrogen and oxygen atoms in total. The van der Waals surface area contributed by atoms with Crippen molar-refractivity contribution in [3.8, 4) is 11.3 Å². The first-order chi connectivity index (χ1) is 7.25. The van der Waals surface area contributed by atoms with Gasteiger partial charge in [0.1, 0.15) is 5.69 Å². The van der Waals surface area contributed by atoms with E-state index in [-0.39, 0.29) is 0 Å². The second-order valence-corrected chi connectivity index (χ2v) is 3.78. The molecule has 0 atom stereocenters. The summed E-state index contributed by atoms with van der Waals surface area (Å²) in [6.07, 6.45) is 0. The van der Waals surface area contributed by atoms with Gasteiger partial charge in [0.15, 0.2) is 5.76 Å². The summed E-state index contributed by atoms with van der Waals surface area (Å²) >= 11 is 0. The fourth-order valence-corrected chi connectivity index (χ4v) is 1.44. The smallest absolute Gasteiger partial charge is 0.151 e. The van der Waals surface area contributed by atoms with E-state index in [9.17, 15) is 0 Å². The van der Waals surface area contributed by atoms with Crippen LogP contribution in [0.15, 0.2) is 40.9 Å². The Bertz CT molecular complexity index is 420. The Balaban J connectivity index is 2.21. The van der Waals surface area contributed by atoms with E-state index in [0.717, 1.165) is 23.6 Å². The zero-order valence-electron chi connectivity index (χ0n) is 8.97. The predicted octanol–water partition coefficient (Wildman–Crippen LogP) is 2.40. The normalized spacial score (nSPS) is 10.9. The molecule has 1 aromatic carbocycles. The zero-order chi connectivity index (χ0) is 10.7. The summed E-state index contributed by atoms with van der Waals surface area (Å²) in [5, 5.41) is 4.04. The van der Waals surface area contributed by atoms with E-state index in [4.69, 9.17) is 4.52 Å². The maximum absolute atomic E-state index is 5.24. The van der Waals surface area contributed by atoms with Gasteiger partial charge in [-0.2, -0.15) is 0 Å². The van der Waals surface area contributed by atoms with Crippen molar-refractivity contribution < 1.29 is 4.52 Å². The Hall–Kier alpha value is -1.61. The molecule has 0 unspecified atom stereocenters. The Morgan fingerprint density at radius 3 is 2.60 bits per heavy atom. The van der Waals surface area contributed by atoms with Crippen molar-refractivity contribution in [2.24, 2.45) is 0 Å². The lowest BCUT2D eigenvalue weighted by atomic mass is 10.1. The summed E-state index contributed by atoms with van der Waals surface area (Å²) in [4.78, 5) is 2.05. The van der Waals surface area contributed by atoms with Crippen LogP contribution in [0.1, 0.15) is 5.76 Å². The van der Waals surface area contributed by atoms with Crippen LogP contribution in [0, 0.1) is 0 Å². The Morgan fingerprint density at radius 1 is 1.20 bits per heavy atom. The van der Waals surface area contributed by atoms with Crippen molar-refractivity contribution in [2.75, 3.05) is 14.1 Å². The van der Waals surface area contributed by atoms with Crippen LogP contribution in [0.5, 0.6) is 0 Å². The molecule has 0 spiro atoms. The molecule has 0 bridgehead atoms. The summed E-state index contributed by atoms with van der Waals surface area (Å²) in [7, 11) is 4.01. The highest BCUT2D eigenvalue weighted by atomic mass is 16.5. The number of benzene rings is 1. The molecule has 0 fully saturated rings. The fraction of sp³-hybridized carbons (Fsp3) is 0.250. The molecule has 1 heterocycles. The third-order valence-corrected chi connectivity index (χ3v) is 2.10. The fourth-order valence-electron chi connectivity index (χ4n) is 1.44. The maximum atomic E-state index is 5.24. The van der Waals surface area contributed by atoms with Crippen molar-refractivity contribution in [2.45, 2.75) is 6.54 Å². The minimum Gasteiger partial charge on any atom is -0.359 e. The highest BCUT2D eigenvalue weighted by Crippen LogP contribution is 2.18. The first kappa shape index (κ1) is 9.93. The lowest BCUT2D eigenvalue weighted by Gasteiger charge is -2.03. The highest BCUT2D eigenvalue weighted by Gasteiger charge is 2.06. The average molecular weight is 202 g/mol. The van der Waals surface area contributed by atoms with Gasteiger partial charge in [0.2, 0.25) is 0 Å². The lowest BCUT2D eigenvalue weighted by molar-refractivity contribution is 0.310. The van der Waals surface area contributed by atoms with E-state index in [2.05, 4.69) is 10.1 Å². The molecule has 2 aromatic rings. The van der Waals surface area contributed by atoms with E-state index in [0.29, 0.717) is 0 Å². The number of nitrogens with zero attached hydrogens (tertiary/aromatic N) is 2. The monoisotopic (exact) mass is 202 g/mol. The third-order valence-electron chi connectivity index (χ3n) is 2.10. The molecule has 0 radical (unpaired) electrons. The van der Waals surface area contributed by atoms with Crippen molar-refractivity contribution in [3.63, 3.8) is 0 Å². The molecule has 3 heteroatoms. The van der Waals surface area contributed by atoms with Crippen LogP contribution in [-0.4, -0.2) is 24.2 Å². The van der Waals surface area contributed by atoms with Gasteiger partial charge in [-0.3, -0.25) is 0 Å². The van der Waals surface area contributed by atoms with Gasteiger partial charge >= 0.3 is 0 Å². The SMILES string of the molecule is CN(C)Cc1cc(-c2ccccc2)no1. The van der Waals surface area contributed by atoms with E-state index >= 15 is 0 Å². The van der Waals surface area contributed by atoms with Crippen LogP contribution in [0.25, 0.3) is 11.3 Å². The molecule has 78 valence electrons. The molecule has 15 heavy (non-hydrogen) atoms. The van der Waals surface area contributed by atoms with Crippen LogP contribution in [0.2, 0.25) is 0 Å². The Kier molecular flexibility index (Phi) is 2.83. The molecule has 0 aliphatic heterocycles. The van der Waals surface area contributed by atoms with Crippen LogP contribution in [0.4, 0.5) is 0 Å². The van der Waals surface area contributed by atoms with Crippen LogP contribution >= 0.6 is 0 Å². The van der Waals surface area contributed by atoms with E-state index in [1.165, 1.54) is 0 Å². The quantitative estimate of drug-likeness (QED) is 0.765. The predicted molar refractivity (Wildman–Crippen MR) is 59.3 cm³/mol. The van der Waals surface area contributed by atoms with Gasteiger partial charge in [-0.1, -0.05) is 35.5 Å². The van der Waals surface area contributed by atoms with Gasteiger partial charge in [0, 0.05) is 11.6 Å². The molecular formula is C12H14N2O. The molecule has 0 N–H and O–H groups in total. The van der Waals surface area contributed by atoms with Gasteiger partial charge in [-0.05, 0) is 14.1 Å². The molecule has 0 saturated heterocycles. The minimum absolute atomic E-state index is 0.778. The van der Waals surface area contributed by atoms with Gasteiger partial charge in [0.25, 0.3) is 0 Å². The summed E-state index contributed by atoms with van der Waals surface area (Å²) in [5.41, 5.74) is 1.98. The summed E-state index contributed by atoms with van der Waals surface area (Å²) in [5.74, 6) is 0.888. The van der Waals surface area contributed by atoms with Crippen molar-refractivity contribution in [1.29, 1.82) is 0 Å². The van der Waals surface area contributed by atoms with Gasteiger partial charge < -0.3 is 9.42 Å². The number of rotatable bonds is 3. The van der Waals surface area contributed by atoms with Crippen LogP contribution < -0.4 is 0 Å². The Morgan fingerprint density at radius 2 is 1.93 bits per heavy atom. The van der Waals surface area contributed by atoms with E-state index in [1.54, 1.807) is 0 Å². The zero-order valence-corrected chi connectivity index (χ0v) is 8.97. The first-order valence-corrected chi connectivity index (χ1v) is 4.91. The molecule has 0 aliphatic rings. The van der Waals surface area contributed by atoms with Crippen LogP contribution in [-0.2, 0) is 6.54 Å². The van der Waals surface area contributed by atoms with Crippen molar-refractivity contribution in [1.82, 2.24) is 10.1 Å². The molecule has 0 saturated carbocycles. The standard InChI is InChI=1S/C12H14N2O/c1-14(2)9-11-8-12(13-15-11)10-6-4-3-5-7-10/h3-8H,9H2,1-2H3. The van der Waals surface area contributed by atoms with Crippen LogP contribution in [0.3, 0.4) is 0 Å². The summed E-state index contributed by atoms with van der Waals surface area (Å²) in [6.45, 7) is 0.778. The largest absolute Gasteiger partial charge is 0.359 e. The lowest BCUT2D eigenvalue weighted by Crippen LogP contribution is -2.09. The minimum atomic E-state index is 0.778. The summed E-state index contributed by atoms with van der Waals surface area (Å²) in [6, 6.07) is 12.0. The average Bonchev–Trinajstić information content (AvgIpc) is 2.67. The van der Waals surface area contributed by atoms with Gasteiger partial charge in [-0.25, -0.2) is 0 Å². The number of aromatic nitrogens is 1.